The van der Waals surface area contributed by atoms with Crippen LogP contribution < -0.4 is 15.4 Å². The number of nitrogens with one attached hydrogen (secondary N) is 2. The third kappa shape index (κ3) is 10.7. The smallest absolute Gasteiger partial charge is 0.408 e. The highest BCUT2D eigenvalue weighted by molar-refractivity contribution is 5.95. The molecule has 0 spiro atoms. The fourth-order valence-electron chi connectivity index (χ4n) is 6.24. The fourth-order valence-corrected chi connectivity index (χ4v) is 6.24. The fraction of sp³-hybridized carbons (Fsp3) is 0.541. The van der Waals surface area contributed by atoms with Gasteiger partial charge in [-0.2, -0.15) is 0 Å². The van der Waals surface area contributed by atoms with Crippen LogP contribution in [0.2, 0.25) is 0 Å². The molecule has 12 heteroatoms. The molecule has 2 fully saturated rings. The van der Waals surface area contributed by atoms with E-state index in [-0.39, 0.29) is 31.5 Å². The van der Waals surface area contributed by atoms with Crippen molar-refractivity contribution in [1.29, 1.82) is 0 Å². The molecule has 2 aromatic carbocycles. The van der Waals surface area contributed by atoms with Crippen molar-refractivity contribution >= 4 is 29.8 Å². The molecule has 2 saturated heterocycles. The van der Waals surface area contributed by atoms with Crippen LogP contribution in [0.25, 0.3) is 0 Å². The summed E-state index contributed by atoms with van der Waals surface area (Å²) in [5.41, 5.74) is 0.380. The Balaban J connectivity index is 1.55. The van der Waals surface area contributed by atoms with Crippen LogP contribution in [-0.2, 0) is 36.8 Å². The third-order valence-electron chi connectivity index (χ3n) is 8.33. The predicted octanol–water partition coefficient (Wildman–Crippen LogP) is 4.09. The lowest BCUT2D eigenvalue weighted by Gasteiger charge is -2.32. The van der Waals surface area contributed by atoms with Gasteiger partial charge in [0.1, 0.15) is 41.1 Å². The van der Waals surface area contributed by atoms with E-state index < -0.39 is 59.6 Å². The van der Waals surface area contributed by atoms with Gasteiger partial charge in [-0.05, 0) is 90.5 Å². The zero-order chi connectivity index (χ0) is 35.9. The van der Waals surface area contributed by atoms with E-state index in [0.717, 1.165) is 11.1 Å². The Morgan fingerprint density at radius 1 is 0.735 bits per heavy atom. The van der Waals surface area contributed by atoms with Gasteiger partial charge < -0.3 is 35.0 Å². The summed E-state index contributed by atoms with van der Waals surface area (Å²) in [7, 11) is 0. The molecule has 0 saturated carbocycles. The molecule has 266 valence electrons. The van der Waals surface area contributed by atoms with Crippen LogP contribution in [0, 0.1) is 0 Å². The number of rotatable bonds is 11. The number of amides is 4. The van der Waals surface area contributed by atoms with Gasteiger partial charge in [0, 0.05) is 25.9 Å². The first-order chi connectivity index (χ1) is 23.0. The number of ether oxygens (including phenoxy) is 2. The second kappa shape index (κ2) is 15.7. The summed E-state index contributed by atoms with van der Waals surface area (Å²) in [6.45, 7) is 11.6. The van der Waals surface area contributed by atoms with Crippen molar-refractivity contribution in [3.63, 3.8) is 0 Å². The van der Waals surface area contributed by atoms with Crippen LogP contribution in [0.15, 0.2) is 54.6 Å². The van der Waals surface area contributed by atoms with E-state index in [4.69, 9.17) is 9.47 Å². The Labute approximate surface area is 288 Å². The summed E-state index contributed by atoms with van der Waals surface area (Å²) in [6.07, 6.45) is 1.35. The van der Waals surface area contributed by atoms with Crippen LogP contribution in [0.4, 0.5) is 4.79 Å². The number of aliphatic carboxylic acids is 1. The molecule has 49 heavy (non-hydrogen) atoms. The minimum absolute atomic E-state index is 0.138. The standard InChI is InChI=1S/C37H50N4O8/c1-36(2,3)48-26-18-16-25(17-19-26)23-28(39-35(47)49-37(4,5)6)33(44)40-20-10-14-29(40)31(42)38-27(22-24-12-8-7-9-13-24)32(43)41-21-11-15-30(41)34(45)46/h7-9,12-13,16-19,27-30H,10-11,14-15,20-23H2,1-6H3,(H,38,42)(H,39,47)(H,45,46). The maximum Gasteiger partial charge on any atom is 0.408 e. The Morgan fingerprint density at radius 2 is 1.24 bits per heavy atom. The third-order valence-corrected chi connectivity index (χ3v) is 8.33. The summed E-state index contributed by atoms with van der Waals surface area (Å²) in [5.74, 6) is -1.84. The monoisotopic (exact) mass is 678 g/mol. The Morgan fingerprint density at radius 3 is 1.78 bits per heavy atom. The molecular formula is C37H50N4O8. The maximum absolute atomic E-state index is 14.2. The van der Waals surface area contributed by atoms with E-state index in [0.29, 0.717) is 31.4 Å². The van der Waals surface area contributed by atoms with Crippen LogP contribution in [-0.4, -0.2) is 93.1 Å². The van der Waals surface area contributed by atoms with Crippen molar-refractivity contribution in [3.05, 3.63) is 65.7 Å². The van der Waals surface area contributed by atoms with Gasteiger partial charge in [-0.3, -0.25) is 14.4 Å². The van der Waals surface area contributed by atoms with Crippen molar-refractivity contribution in [3.8, 4) is 5.75 Å². The molecule has 4 atom stereocenters. The largest absolute Gasteiger partial charge is 0.488 e. The van der Waals surface area contributed by atoms with Gasteiger partial charge >= 0.3 is 12.1 Å². The number of nitrogens with zero attached hydrogens (tertiary/aromatic N) is 2. The SMILES string of the molecule is CC(C)(C)OC(=O)NC(Cc1ccc(OC(C)(C)C)cc1)C(=O)N1CCCC1C(=O)NC(Cc1ccccc1)C(=O)N1CCCC1C(=O)O. The highest BCUT2D eigenvalue weighted by Gasteiger charge is 2.42. The van der Waals surface area contributed by atoms with E-state index in [1.54, 1.807) is 32.9 Å². The average molecular weight is 679 g/mol. The molecule has 4 unspecified atom stereocenters. The van der Waals surface area contributed by atoms with E-state index in [1.165, 1.54) is 9.80 Å². The zero-order valence-electron chi connectivity index (χ0n) is 29.4. The molecule has 12 nitrogen and oxygen atoms in total. The van der Waals surface area contributed by atoms with Crippen LogP contribution in [0.1, 0.15) is 78.4 Å². The second-order valence-corrected chi connectivity index (χ2v) is 14.7. The van der Waals surface area contributed by atoms with E-state index in [1.807, 2.05) is 63.2 Å². The molecule has 2 aliphatic heterocycles. The minimum Gasteiger partial charge on any atom is -0.488 e. The molecule has 3 N–H and O–H groups in total. The lowest BCUT2D eigenvalue weighted by atomic mass is 10.0. The van der Waals surface area contributed by atoms with Gasteiger partial charge in [0.2, 0.25) is 17.7 Å². The first-order valence-corrected chi connectivity index (χ1v) is 17.0. The summed E-state index contributed by atoms with van der Waals surface area (Å²) in [5, 5.41) is 15.3. The van der Waals surface area contributed by atoms with E-state index >= 15 is 0 Å². The second-order valence-electron chi connectivity index (χ2n) is 14.7. The van der Waals surface area contributed by atoms with Crippen molar-refractivity contribution in [2.24, 2.45) is 0 Å². The number of carboxylic acid groups (broad SMARTS) is 1. The zero-order valence-corrected chi connectivity index (χ0v) is 29.4. The molecule has 0 radical (unpaired) electrons. The number of likely N-dealkylation sites (tertiary alicyclic amines) is 2. The normalized spacial score (nSPS) is 19.1. The molecular weight excluding hydrogens is 628 g/mol. The summed E-state index contributed by atoms with van der Waals surface area (Å²) in [4.78, 5) is 69.4. The molecule has 2 aromatic rings. The van der Waals surface area contributed by atoms with Crippen molar-refractivity contribution in [2.45, 2.75) is 115 Å². The number of carbonyl (C=O) groups is 5. The number of alkyl carbamates (subject to hydrolysis) is 1. The summed E-state index contributed by atoms with van der Waals surface area (Å²) < 4.78 is 11.4. The molecule has 0 aliphatic carbocycles. The Hall–Kier alpha value is -4.61. The number of carbonyl (C=O) groups excluding carboxylic acids is 4. The number of hydrogen-bond donors (Lipinski definition) is 3. The lowest BCUT2D eigenvalue weighted by molar-refractivity contribution is -0.149. The highest BCUT2D eigenvalue weighted by atomic mass is 16.6. The van der Waals surface area contributed by atoms with Gasteiger partial charge in [0.15, 0.2) is 0 Å². The number of benzene rings is 2. The summed E-state index contributed by atoms with van der Waals surface area (Å²) >= 11 is 0. The highest BCUT2D eigenvalue weighted by Crippen LogP contribution is 2.24. The molecule has 0 aromatic heterocycles. The lowest BCUT2D eigenvalue weighted by Crippen LogP contribution is -2.58. The van der Waals surface area contributed by atoms with Gasteiger partial charge in [0.05, 0.1) is 0 Å². The Kier molecular flexibility index (Phi) is 12.0. The summed E-state index contributed by atoms with van der Waals surface area (Å²) in [6, 6.07) is 12.5. The molecule has 4 rings (SSSR count). The van der Waals surface area contributed by atoms with Gasteiger partial charge in [-0.15, -0.1) is 0 Å². The van der Waals surface area contributed by atoms with Crippen molar-refractivity contribution in [1.82, 2.24) is 20.4 Å². The van der Waals surface area contributed by atoms with E-state index in [2.05, 4.69) is 10.6 Å². The van der Waals surface area contributed by atoms with Gasteiger partial charge in [0.25, 0.3) is 0 Å². The average Bonchev–Trinajstić information content (AvgIpc) is 3.70. The molecule has 2 heterocycles. The van der Waals surface area contributed by atoms with Gasteiger partial charge in [-0.25, -0.2) is 9.59 Å². The minimum atomic E-state index is -1.08. The van der Waals surface area contributed by atoms with Crippen LogP contribution in [0.3, 0.4) is 0 Å². The van der Waals surface area contributed by atoms with E-state index in [9.17, 15) is 29.1 Å². The number of hydrogen-bond acceptors (Lipinski definition) is 7. The van der Waals surface area contributed by atoms with Crippen LogP contribution in [0.5, 0.6) is 5.75 Å². The maximum atomic E-state index is 14.2. The first kappa shape index (κ1) is 37.2. The van der Waals surface area contributed by atoms with Crippen molar-refractivity contribution in [2.75, 3.05) is 13.1 Å². The topological polar surface area (TPSA) is 155 Å². The molecule has 2 aliphatic rings. The van der Waals surface area contributed by atoms with Crippen LogP contribution >= 0.6 is 0 Å². The van der Waals surface area contributed by atoms with Gasteiger partial charge in [-0.1, -0.05) is 42.5 Å². The molecule has 0 bridgehead atoms. The number of carboxylic acids is 1. The molecule has 4 amide bonds. The quantitative estimate of drug-likeness (QED) is 0.321. The Bertz CT molecular complexity index is 1480. The first-order valence-electron chi connectivity index (χ1n) is 17.0. The van der Waals surface area contributed by atoms with Crippen molar-refractivity contribution < 1.29 is 38.6 Å². The predicted molar refractivity (Wildman–Crippen MR) is 183 cm³/mol.